The molecule has 0 bridgehead atoms. The fourth-order valence-electron chi connectivity index (χ4n) is 2.99. The average Bonchev–Trinajstić information content (AvgIpc) is 2.54. The number of likely N-dealkylation sites (N-methyl/N-ethyl adjacent to an activating group) is 1. The zero-order valence-corrected chi connectivity index (χ0v) is 13.9. The Morgan fingerprint density at radius 2 is 1.95 bits per heavy atom. The quantitative estimate of drug-likeness (QED) is 0.765. The zero-order chi connectivity index (χ0) is 15.9. The lowest BCUT2D eigenvalue weighted by molar-refractivity contribution is -0.127. The molecule has 0 radical (unpaired) electrons. The molecule has 1 aromatic carbocycles. The average molecular weight is 301 g/mol. The van der Waals surface area contributed by atoms with E-state index >= 15 is 0 Å². The van der Waals surface area contributed by atoms with Gasteiger partial charge >= 0.3 is 0 Å². The number of benzene rings is 1. The highest BCUT2D eigenvalue weighted by Gasteiger charge is 2.23. The van der Waals surface area contributed by atoms with Gasteiger partial charge in [0.2, 0.25) is 5.91 Å². The number of amides is 1. The predicted octanol–water partition coefficient (Wildman–Crippen LogP) is 4.14. The molecule has 0 aliphatic heterocycles. The fraction of sp³-hybridized carbons (Fsp3) is 0.526. The second kappa shape index (κ2) is 8.02. The third-order valence-electron chi connectivity index (χ3n) is 4.51. The molecular formula is C19H27NO2. The Hall–Kier alpha value is -1.77. The molecular weight excluding hydrogens is 274 g/mol. The van der Waals surface area contributed by atoms with Crippen molar-refractivity contribution in [1.82, 2.24) is 4.90 Å². The maximum Gasteiger partial charge on any atom is 0.246 e. The summed E-state index contributed by atoms with van der Waals surface area (Å²) in [7, 11) is 1.92. The van der Waals surface area contributed by atoms with Gasteiger partial charge in [-0.05, 0) is 50.7 Å². The third kappa shape index (κ3) is 4.36. The van der Waals surface area contributed by atoms with Crippen molar-refractivity contribution in [3.05, 3.63) is 35.9 Å². The van der Waals surface area contributed by atoms with Crippen LogP contribution in [0.1, 0.15) is 45.1 Å². The van der Waals surface area contributed by atoms with Gasteiger partial charge in [-0.25, -0.2) is 0 Å². The topological polar surface area (TPSA) is 29.5 Å². The van der Waals surface area contributed by atoms with E-state index < -0.39 is 0 Å². The summed E-state index contributed by atoms with van der Waals surface area (Å²) in [6, 6.07) is 8.19. The summed E-state index contributed by atoms with van der Waals surface area (Å²) in [5.74, 6) is 1.70. The molecule has 0 N–H and O–H groups in total. The molecule has 0 aromatic heterocycles. The summed E-state index contributed by atoms with van der Waals surface area (Å²) < 4.78 is 5.58. The summed E-state index contributed by atoms with van der Waals surface area (Å²) in [5.41, 5.74) is 0.948. The smallest absolute Gasteiger partial charge is 0.246 e. The van der Waals surface area contributed by atoms with Gasteiger partial charge in [-0.1, -0.05) is 25.1 Å². The van der Waals surface area contributed by atoms with Crippen LogP contribution in [0.4, 0.5) is 0 Å². The van der Waals surface area contributed by atoms with E-state index in [4.69, 9.17) is 4.74 Å². The summed E-state index contributed by atoms with van der Waals surface area (Å²) >= 11 is 0. The third-order valence-corrected chi connectivity index (χ3v) is 4.51. The van der Waals surface area contributed by atoms with E-state index in [1.54, 1.807) is 6.08 Å². The highest BCUT2D eigenvalue weighted by atomic mass is 16.5. The normalized spacial score (nSPS) is 21.8. The fourth-order valence-corrected chi connectivity index (χ4v) is 2.99. The molecule has 1 amide bonds. The van der Waals surface area contributed by atoms with Crippen molar-refractivity contribution in [2.75, 3.05) is 13.7 Å². The van der Waals surface area contributed by atoms with Gasteiger partial charge in [0.15, 0.2) is 0 Å². The molecule has 0 spiro atoms. The maximum atomic E-state index is 12.4. The summed E-state index contributed by atoms with van der Waals surface area (Å²) in [6.07, 6.45) is 8.20. The van der Waals surface area contributed by atoms with Crippen LogP contribution in [0.2, 0.25) is 0 Å². The van der Waals surface area contributed by atoms with Crippen molar-refractivity contribution in [3.63, 3.8) is 0 Å². The number of ether oxygens (including phenoxy) is 1. The van der Waals surface area contributed by atoms with Crippen molar-refractivity contribution >= 4 is 12.0 Å². The minimum atomic E-state index is 0.0749. The van der Waals surface area contributed by atoms with Crippen molar-refractivity contribution in [2.45, 2.75) is 45.6 Å². The van der Waals surface area contributed by atoms with E-state index in [2.05, 4.69) is 6.92 Å². The maximum absolute atomic E-state index is 12.4. The SMILES string of the molecule is CCOc1ccccc1/C=C/C(=O)N(C)C1CCC(C)CC1. The van der Waals surface area contributed by atoms with Gasteiger partial charge < -0.3 is 9.64 Å². The Kier molecular flexibility index (Phi) is 6.05. The van der Waals surface area contributed by atoms with Gasteiger partial charge in [-0.2, -0.15) is 0 Å². The van der Waals surface area contributed by atoms with Crippen molar-refractivity contribution < 1.29 is 9.53 Å². The Labute approximate surface area is 134 Å². The van der Waals surface area contributed by atoms with E-state index in [-0.39, 0.29) is 5.91 Å². The van der Waals surface area contributed by atoms with Gasteiger partial charge in [0.05, 0.1) is 6.61 Å². The first kappa shape index (κ1) is 16.6. The molecule has 1 aliphatic rings. The summed E-state index contributed by atoms with van der Waals surface area (Å²) in [6.45, 7) is 4.88. The van der Waals surface area contributed by atoms with E-state index in [1.807, 2.05) is 49.2 Å². The Morgan fingerprint density at radius 1 is 1.27 bits per heavy atom. The highest BCUT2D eigenvalue weighted by Crippen LogP contribution is 2.26. The predicted molar refractivity (Wildman–Crippen MR) is 90.8 cm³/mol. The monoisotopic (exact) mass is 301 g/mol. The first-order chi connectivity index (χ1) is 10.6. The van der Waals surface area contributed by atoms with E-state index in [1.165, 1.54) is 12.8 Å². The second-order valence-electron chi connectivity index (χ2n) is 6.17. The van der Waals surface area contributed by atoms with Crippen molar-refractivity contribution in [2.24, 2.45) is 5.92 Å². The minimum absolute atomic E-state index is 0.0749. The molecule has 3 heteroatoms. The summed E-state index contributed by atoms with van der Waals surface area (Å²) in [5, 5.41) is 0. The largest absolute Gasteiger partial charge is 0.493 e. The molecule has 2 rings (SSSR count). The number of para-hydroxylation sites is 1. The second-order valence-corrected chi connectivity index (χ2v) is 6.17. The van der Waals surface area contributed by atoms with E-state index in [0.29, 0.717) is 12.6 Å². The lowest BCUT2D eigenvalue weighted by atomic mass is 9.87. The number of nitrogens with zero attached hydrogens (tertiary/aromatic N) is 1. The van der Waals surface area contributed by atoms with Crippen LogP contribution in [0, 0.1) is 5.92 Å². The van der Waals surface area contributed by atoms with Gasteiger partial charge in [-0.3, -0.25) is 4.79 Å². The standard InChI is InChI=1S/C19H27NO2/c1-4-22-18-8-6-5-7-16(18)11-14-19(21)20(3)17-12-9-15(2)10-13-17/h5-8,11,14-15,17H,4,9-10,12-13H2,1-3H3/b14-11+. The number of carbonyl (C=O) groups excluding carboxylic acids is 1. The van der Waals surface area contributed by atoms with Gasteiger partial charge in [0.25, 0.3) is 0 Å². The van der Waals surface area contributed by atoms with Crippen LogP contribution in [-0.2, 0) is 4.79 Å². The van der Waals surface area contributed by atoms with Crippen LogP contribution in [0.15, 0.2) is 30.3 Å². The molecule has 3 nitrogen and oxygen atoms in total. The Bertz CT molecular complexity index is 516. The lowest BCUT2D eigenvalue weighted by Crippen LogP contribution is -2.38. The van der Waals surface area contributed by atoms with Crippen LogP contribution in [0.3, 0.4) is 0 Å². The van der Waals surface area contributed by atoms with Crippen LogP contribution >= 0.6 is 0 Å². The van der Waals surface area contributed by atoms with E-state index in [9.17, 15) is 4.79 Å². The zero-order valence-electron chi connectivity index (χ0n) is 13.9. The molecule has 1 aliphatic carbocycles. The van der Waals surface area contributed by atoms with Gasteiger partial charge in [-0.15, -0.1) is 0 Å². The summed E-state index contributed by atoms with van der Waals surface area (Å²) in [4.78, 5) is 14.3. The molecule has 0 saturated heterocycles. The van der Waals surface area contributed by atoms with Gasteiger partial charge in [0.1, 0.15) is 5.75 Å². The van der Waals surface area contributed by atoms with Crippen LogP contribution in [0.5, 0.6) is 5.75 Å². The first-order valence-electron chi connectivity index (χ1n) is 8.28. The molecule has 1 aromatic rings. The molecule has 0 heterocycles. The molecule has 0 unspecified atom stereocenters. The number of hydrogen-bond donors (Lipinski definition) is 0. The van der Waals surface area contributed by atoms with Gasteiger partial charge in [0, 0.05) is 24.7 Å². The number of carbonyl (C=O) groups is 1. The number of rotatable bonds is 5. The Morgan fingerprint density at radius 3 is 2.64 bits per heavy atom. The highest BCUT2D eigenvalue weighted by molar-refractivity contribution is 5.92. The molecule has 1 saturated carbocycles. The number of hydrogen-bond acceptors (Lipinski definition) is 2. The molecule has 0 atom stereocenters. The van der Waals surface area contributed by atoms with Crippen LogP contribution < -0.4 is 4.74 Å². The van der Waals surface area contributed by atoms with Crippen LogP contribution in [-0.4, -0.2) is 30.5 Å². The minimum Gasteiger partial charge on any atom is -0.493 e. The lowest BCUT2D eigenvalue weighted by Gasteiger charge is -2.33. The van der Waals surface area contributed by atoms with Crippen molar-refractivity contribution in [1.29, 1.82) is 0 Å². The molecule has 1 fully saturated rings. The molecule has 22 heavy (non-hydrogen) atoms. The Balaban J connectivity index is 1.99. The molecule has 120 valence electrons. The first-order valence-corrected chi connectivity index (χ1v) is 8.28. The van der Waals surface area contributed by atoms with E-state index in [0.717, 1.165) is 30.1 Å². The van der Waals surface area contributed by atoms with Crippen molar-refractivity contribution in [3.8, 4) is 5.75 Å². The van der Waals surface area contributed by atoms with Crippen LogP contribution in [0.25, 0.3) is 6.08 Å².